The van der Waals surface area contributed by atoms with Crippen LogP contribution in [-0.4, -0.2) is 19.4 Å². The molecule has 1 N–H and O–H groups in total. The highest BCUT2D eigenvalue weighted by atomic mass is 16.5. The summed E-state index contributed by atoms with van der Waals surface area (Å²) in [5.41, 5.74) is 0. The van der Waals surface area contributed by atoms with Crippen LogP contribution in [0.5, 0.6) is 0 Å². The van der Waals surface area contributed by atoms with Crippen molar-refractivity contribution in [1.29, 1.82) is 0 Å². The lowest BCUT2D eigenvalue weighted by Crippen LogP contribution is -2.49. The summed E-state index contributed by atoms with van der Waals surface area (Å²) in [6.07, 6.45) is 8.57. The Kier molecular flexibility index (Phi) is 2.66. The van der Waals surface area contributed by atoms with Gasteiger partial charge in [0.05, 0.1) is 0 Å². The van der Waals surface area contributed by atoms with Crippen LogP contribution >= 0.6 is 0 Å². The molecule has 2 fully saturated rings. The summed E-state index contributed by atoms with van der Waals surface area (Å²) < 4.78 is 5.33. The SMILES string of the molecule is COC1CCC2CCCCC2N1. The van der Waals surface area contributed by atoms with E-state index in [1.807, 2.05) is 0 Å². The summed E-state index contributed by atoms with van der Waals surface area (Å²) in [6, 6.07) is 0.762. The number of fused-ring (bicyclic) bond motifs is 1. The molecule has 3 unspecified atom stereocenters. The summed E-state index contributed by atoms with van der Waals surface area (Å²) >= 11 is 0. The Labute approximate surface area is 74.7 Å². The Hall–Kier alpha value is -0.0800. The lowest BCUT2D eigenvalue weighted by molar-refractivity contribution is 0.00830. The minimum absolute atomic E-state index is 0.337. The molecule has 2 nitrogen and oxygen atoms in total. The molecule has 1 aliphatic heterocycles. The van der Waals surface area contributed by atoms with Gasteiger partial charge in [-0.05, 0) is 31.6 Å². The van der Waals surface area contributed by atoms with Crippen molar-refractivity contribution in [3.8, 4) is 0 Å². The van der Waals surface area contributed by atoms with Gasteiger partial charge in [0.15, 0.2) is 0 Å². The van der Waals surface area contributed by atoms with Crippen LogP contribution in [0.4, 0.5) is 0 Å². The van der Waals surface area contributed by atoms with E-state index in [9.17, 15) is 0 Å². The van der Waals surface area contributed by atoms with Gasteiger partial charge in [0.1, 0.15) is 6.23 Å². The Morgan fingerprint density at radius 2 is 1.92 bits per heavy atom. The van der Waals surface area contributed by atoms with Crippen LogP contribution in [-0.2, 0) is 4.74 Å². The molecule has 0 aromatic heterocycles. The largest absolute Gasteiger partial charge is 0.367 e. The smallest absolute Gasteiger partial charge is 0.107 e. The number of ether oxygens (including phenoxy) is 1. The molecule has 0 spiro atoms. The zero-order valence-corrected chi connectivity index (χ0v) is 7.88. The van der Waals surface area contributed by atoms with Crippen molar-refractivity contribution in [2.45, 2.75) is 50.8 Å². The fourth-order valence-electron chi connectivity index (χ4n) is 2.65. The molecule has 1 aliphatic carbocycles. The lowest BCUT2D eigenvalue weighted by Gasteiger charge is -2.39. The molecule has 1 heterocycles. The molecule has 70 valence electrons. The first kappa shape index (κ1) is 8.52. The topological polar surface area (TPSA) is 21.3 Å². The predicted molar refractivity (Wildman–Crippen MR) is 48.9 cm³/mol. The second kappa shape index (κ2) is 3.75. The average Bonchev–Trinajstić information content (AvgIpc) is 2.17. The van der Waals surface area contributed by atoms with Crippen molar-refractivity contribution >= 4 is 0 Å². The highest BCUT2D eigenvalue weighted by Crippen LogP contribution is 2.32. The molecule has 1 saturated heterocycles. The number of hydrogen-bond donors (Lipinski definition) is 1. The Morgan fingerprint density at radius 3 is 2.75 bits per heavy atom. The summed E-state index contributed by atoms with van der Waals surface area (Å²) in [6.45, 7) is 0. The number of rotatable bonds is 1. The van der Waals surface area contributed by atoms with Gasteiger partial charge in [-0.1, -0.05) is 12.8 Å². The third-order valence-corrected chi connectivity index (χ3v) is 3.39. The zero-order chi connectivity index (χ0) is 8.39. The van der Waals surface area contributed by atoms with Crippen molar-refractivity contribution in [2.75, 3.05) is 7.11 Å². The Balaban J connectivity index is 1.90. The monoisotopic (exact) mass is 169 g/mol. The van der Waals surface area contributed by atoms with E-state index in [0.29, 0.717) is 6.23 Å². The fraction of sp³-hybridized carbons (Fsp3) is 1.00. The van der Waals surface area contributed by atoms with Crippen molar-refractivity contribution < 1.29 is 4.74 Å². The molecule has 2 rings (SSSR count). The summed E-state index contributed by atoms with van der Waals surface area (Å²) in [4.78, 5) is 0. The Bertz CT molecular complexity index is 149. The molecule has 2 heteroatoms. The number of piperidine rings is 1. The number of hydrogen-bond acceptors (Lipinski definition) is 2. The average molecular weight is 169 g/mol. The third-order valence-electron chi connectivity index (χ3n) is 3.39. The van der Waals surface area contributed by atoms with Gasteiger partial charge in [0.2, 0.25) is 0 Å². The summed E-state index contributed by atoms with van der Waals surface area (Å²) in [7, 11) is 1.81. The lowest BCUT2D eigenvalue weighted by atomic mass is 9.79. The molecule has 0 aromatic rings. The molecular weight excluding hydrogens is 150 g/mol. The second-order valence-electron chi connectivity index (χ2n) is 4.12. The van der Waals surface area contributed by atoms with Crippen LogP contribution in [0.1, 0.15) is 38.5 Å². The standard InChI is InChI=1S/C10H19NO/c1-12-10-7-6-8-4-2-3-5-9(8)11-10/h8-11H,2-7H2,1H3. The molecule has 0 radical (unpaired) electrons. The van der Waals surface area contributed by atoms with E-state index in [0.717, 1.165) is 12.0 Å². The normalized spacial score (nSPS) is 42.2. The first-order valence-electron chi connectivity index (χ1n) is 5.19. The van der Waals surface area contributed by atoms with E-state index in [-0.39, 0.29) is 0 Å². The van der Waals surface area contributed by atoms with Gasteiger partial charge in [0, 0.05) is 13.2 Å². The molecule has 0 amide bonds. The van der Waals surface area contributed by atoms with E-state index in [1.54, 1.807) is 7.11 Å². The van der Waals surface area contributed by atoms with Crippen molar-refractivity contribution in [3.05, 3.63) is 0 Å². The van der Waals surface area contributed by atoms with Crippen molar-refractivity contribution in [1.82, 2.24) is 5.32 Å². The predicted octanol–water partition coefficient (Wildman–Crippen LogP) is 1.90. The maximum atomic E-state index is 5.33. The van der Waals surface area contributed by atoms with Gasteiger partial charge in [-0.2, -0.15) is 0 Å². The van der Waals surface area contributed by atoms with Gasteiger partial charge >= 0.3 is 0 Å². The molecule has 0 bridgehead atoms. The molecule has 1 saturated carbocycles. The van der Waals surface area contributed by atoms with Crippen molar-refractivity contribution in [2.24, 2.45) is 5.92 Å². The molecule has 12 heavy (non-hydrogen) atoms. The maximum Gasteiger partial charge on any atom is 0.107 e. The number of nitrogens with one attached hydrogen (secondary N) is 1. The van der Waals surface area contributed by atoms with E-state index in [4.69, 9.17) is 4.74 Å². The quantitative estimate of drug-likeness (QED) is 0.647. The molecule has 0 aromatic carbocycles. The molecular formula is C10H19NO. The highest BCUT2D eigenvalue weighted by molar-refractivity contribution is 4.86. The maximum absolute atomic E-state index is 5.33. The fourth-order valence-corrected chi connectivity index (χ4v) is 2.65. The van der Waals surface area contributed by atoms with Gasteiger partial charge in [-0.15, -0.1) is 0 Å². The highest BCUT2D eigenvalue weighted by Gasteiger charge is 2.31. The van der Waals surface area contributed by atoms with E-state index in [2.05, 4.69) is 5.32 Å². The van der Waals surface area contributed by atoms with Crippen LogP contribution < -0.4 is 5.32 Å². The van der Waals surface area contributed by atoms with E-state index < -0.39 is 0 Å². The van der Waals surface area contributed by atoms with Crippen LogP contribution in [0.2, 0.25) is 0 Å². The van der Waals surface area contributed by atoms with Crippen LogP contribution in [0.25, 0.3) is 0 Å². The Morgan fingerprint density at radius 1 is 1.08 bits per heavy atom. The van der Waals surface area contributed by atoms with Crippen LogP contribution in [0.15, 0.2) is 0 Å². The van der Waals surface area contributed by atoms with Crippen LogP contribution in [0.3, 0.4) is 0 Å². The van der Waals surface area contributed by atoms with E-state index >= 15 is 0 Å². The second-order valence-corrected chi connectivity index (χ2v) is 4.12. The first-order valence-corrected chi connectivity index (χ1v) is 5.19. The van der Waals surface area contributed by atoms with Crippen LogP contribution in [0, 0.1) is 5.92 Å². The van der Waals surface area contributed by atoms with Crippen molar-refractivity contribution in [3.63, 3.8) is 0 Å². The summed E-state index contributed by atoms with van der Waals surface area (Å²) in [5.74, 6) is 0.949. The minimum atomic E-state index is 0.337. The molecule has 2 aliphatic rings. The van der Waals surface area contributed by atoms with Gasteiger partial charge in [-0.25, -0.2) is 0 Å². The number of methoxy groups -OCH3 is 1. The minimum Gasteiger partial charge on any atom is -0.367 e. The summed E-state index contributed by atoms with van der Waals surface area (Å²) in [5, 5.41) is 3.58. The first-order chi connectivity index (χ1) is 5.90. The van der Waals surface area contributed by atoms with E-state index in [1.165, 1.54) is 38.5 Å². The van der Waals surface area contributed by atoms with Gasteiger partial charge < -0.3 is 4.74 Å². The van der Waals surface area contributed by atoms with Gasteiger partial charge in [-0.3, -0.25) is 5.32 Å². The third kappa shape index (κ3) is 1.64. The zero-order valence-electron chi connectivity index (χ0n) is 7.88. The molecule has 3 atom stereocenters. The van der Waals surface area contributed by atoms with Gasteiger partial charge in [0.25, 0.3) is 0 Å².